The first-order chi connectivity index (χ1) is 9.79. The number of aromatic nitrogens is 3. The van der Waals surface area contributed by atoms with E-state index < -0.39 is 0 Å². The van der Waals surface area contributed by atoms with Gasteiger partial charge in [-0.1, -0.05) is 19.1 Å². The van der Waals surface area contributed by atoms with E-state index in [2.05, 4.69) is 34.6 Å². The molecule has 1 aromatic heterocycles. The molecule has 1 aromatic carbocycles. The predicted molar refractivity (Wildman–Crippen MR) is 78.6 cm³/mol. The molecule has 0 saturated carbocycles. The second-order valence-corrected chi connectivity index (χ2v) is 4.78. The lowest BCUT2D eigenvalue weighted by Gasteiger charge is -2.07. The number of nitrogens with zero attached hydrogens (tertiary/aromatic N) is 3. The number of hydrogen-bond donors (Lipinski definition) is 1. The van der Waals surface area contributed by atoms with Crippen LogP contribution in [0.5, 0.6) is 5.75 Å². The Morgan fingerprint density at radius 3 is 2.70 bits per heavy atom. The number of hydrogen-bond acceptors (Lipinski definition) is 4. The van der Waals surface area contributed by atoms with Gasteiger partial charge in [0, 0.05) is 26.6 Å². The van der Waals surface area contributed by atoms with Crippen molar-refractivity contribution in [2.75, 3.05) is 13.2 Å². The summed E-state index contributed by atoms with van der Waals surface area (Å²) < 4.78 is 7.51. The van der Waals surface area contributed by atoms with E-state index in [0.717, 1.165) is 44.1 Å². The smallest absolute Gasteiger partial charge is 0.133 e. The molecule has 0 unspecified atom stereocenters. The van der Waals surface area contributed by atoms with Crippen LogP contribution in [0.2, 0.25) is 0 Å². The van der Waals surface area contributed by atoms with Crippen molar-refractivity contribution in [2.24, 2.45) is 7.05 Å². The Bertz CT molecular complexity index is 507. The van der Waals surface area contributed by atoms with E-state index in [9.17, 15) is 0 Å². The largest absolute Gasteiger partial charge is 0.494 e. The molecule has 1 heterocycles. The van der Waals surface area contributed by atoms with Gasteiger partial charge in [-0.2, -0.15) is 0 Å². The highest BCUT2D eigenvalue weighted by Gasteiger charge is 2.00. The molecule has 0 radical (unpaired) electrons. The number of aryl methyl sites for hydroxylation is 1. The molecule has 108 valence electrons. The number of benzene rings is 1. The third kappa shape index (κ3) is 4.35. The van der Waals surface area contributed by atoms with E-state index in [4.69, 9.17) is 4.74 Å². The van der Waals surface area contributed by atoms with Crippen molar-refractivity contribution < 1.29 is 4.74 Å². The third-order valence-electron chi connectivity index (χ3n) is 3.06. The Hall–Kier alpha value is -1.88. The summed E-state index contributed by atoms with van der Waals surface area (Å²) in [6, 6.07) is 8.24. The molecule has 0 bridgehead atoms. The first kappa shape index (κ1) is 14.5. The minimum absolute atomic E-state index is 0.773. The number of ether oxygens (including phenoxy) is 1. The normalized spacial score (nSPS) is 10.7. The Labute approximate surface area is 120 Å². The molecule has 0 spiro atoms. The third-order valence-corrected chi connectivity index (χ3v) is 3.06. The Balaban J connectivity index is 1.70. The van der Waals surface area contributed by atoms with Gasteiger partial charge >= 0.3 is 0 Å². The van der Waals surface area contributed by atoms with Gasteiger partial charge < -0.3 is 14.6 Å². The van der Waals surface area contributed by atoms with Crippen molar-refractivity contribution in [1.29, 1.82) is 0 Å². The first-order valence-electron chi connectivity index (χ1n) is 7.05. The molecule has 2 rings (SSSR count). The highest BCUT2D eigenvalue weighted by atomic mass is 16.5. The second-order valence-electron chi connectivity index (χ2n) is 4.78. The molecule has 20 heavy (non-hydrogen) atoms. The molecule has 2 aromatic rings. The van der Waals surface area contributed by atoms with Crippen LogP contribution < -0.4 is 10.1 Å². The van der Waals surface area contributed by atoms with Crippen LogP contribution in [0.4, 0.5) is 0 Å². The monoisotopic (exact) mass is 274 g/mol. The second kappa shape index (κ2) is 7.65. The molecule has 0 aliphatic rings. The van der Waals surface area contributed by atoms with E-state index in [1.807, 2.05) is 23.7 Å². The van der Waals surface area contributed by atoms with Crippen LogP contribution in [0, 0.1) is 0 Å². The highest BCUT2D eigenvalue weighted by Crippen LogP contribution is 2.12. The zero-order valence-electron chi connectivity index (χ0n) is 12.2. The van der Waals surface area contributed by atoms with E-state index in [1.54, 1.807) is 6.33 Å². The molecular formula is C15H22N4O. The molecule has 5 nitrogen and oxygen atoms in total. The zero-order valence-corrected chi connectivity index (χ0v) is 12.2. The van der Waals surface area contributed by atoms with Gasteiger partial charge in [0.25, 0.3) is 0 Å². The van der Waals surface area contributed by atoms with E-state index in [1.165, 1.54) is 5.56 Å². The maximum atomic E-state index is 5.56. The first-order valence-corrected chi connectivity index (χ1v) is 7.05. The molecular weight excluding hydrogens is 252 g/mol. The van der Waals surface area contributed by atoms with Crippen molar-refractivity contribution >= 4 is 0 Å². The summed E-state index contributed by atoms with van der Waals surface area (Å²) in [7, 11) is 1.96. The van der Waals surface area contributed by atoms with Crippen molar-refractivity contribution in [3.8, 4) is 5.75 Å². The fourth-order valence-electron chi connectivity index (χ4n) is 1.89. The zero-order chi connectivity index (χ0) is 14.2. The van der Waals surface area contributed by atoms with Gasteiger partial charge in [0.05, 0.1) is 6.61 Å². The maximum Gasteiger partial charge on any atom is 0.133 e. The summed E-state index contributed by atoms with van der Waals surface area (Å²) in [5.41, 5.74) is 1.26. The van der Waals surface area contributed by atoms with Crippen molar-refractivity contribution in [1.82, 2.24) is 20.1 Å². The van der Waals surface area contributed by atoms with Crippen molar-refractivity contribution in [3.05, 3.63) is 42.0 Å². The van der Waals surface area contributed by atoms with Crippen LogP contribution in [0.15, 0.2) is 30.6 Å². The SMILES string of the molecule is CCCOc1ccc(CNCCc2nncn2C)cc1. The van der Waals surface area contributed by atoms with Gasteiger partial charge in [0.2, 0.25) is 0 Å². The van der Waals surface area contributed by atoms with Crippen LogP contribution in [0.3, 0.4) is 0 Å². The molecule has 5 heteroatoms. The predicted octanol–water partition coefficient (Wildman–Crippen LogP) is 1.94. The Morgan fingerprint density at radius 1 is 1.25 bits per heavy atom. The summed E-state index contributed by atoms with van der Waals surface area (Å²) in [5.74, 6) is 1.94. The highest BCUT2D eigenvalue weighted by molar-refractivity contribution is 5.27. The average Bonchev–Trinajstić information content (AvgIpc) is 2.88. The van der Waals surface area contributed by atoms with Gasteiger partial charge in [-0.05, 0) is 24.1 Å². The lowest BCUT2D eigenvalue weighted by Crippen LogP contribution is -2.18. The molecule has 0 aliphatic heterocycles. The summed E-state index contributed by atoms with van der Waals surface area (Å²) in [4.78, 5) is 0. The van der Waals surface area contributed by atoms with Gasteiger partial charge in [-0.15, -0.1) is 10.2 Å². The molecule has 0 atom stereocenters. The van der Waals surface area contributed by atoms with Crippen molar-refractivity contribution in [3.63, 3.8) is 0 Å². The van der Waals surface area contributed by atoms with Crippen LogP contribution in [0.1, 0.15) is 24.7 Å². The molecule has 0 aliphatic carbocycles. The number of nitrogens with one attached hydrogen (secondary N) is 1. The van der Waals surface area contributed by atoms with E-state index in [0.29, 0.717) is 0 Å². The van der Waals surface area contributed by atoms with Crippen LogP contribution in [-0.2, 0) is 20.0 Å². The summed E-state index contributed by atoms with van der Waals surface area (Å²) in [5, 5.41) is 11.3. The average molecular weight is 274 g/mol. The standard InChI is InChI=1S/C15H22N4O/c1-3-10-20-14-6-4-13(5-7-14)11-16-9-8-15-18-17-12-19(15)2/h4-7,12,16H,3,8-11H2,1-2H3. The molecule has 0 saturated heterocycles. The summed E-state index contributed by atoms with van der Waals surface area (Å²) in [6.07, 6.45) is 3.64. The summed E-state index contributed by atoms with van der Waals surface area (Å²) >= 11 is 0. The van der Waals surface area contributed by atoms with Gasteiger partial charge in [0.15, 0.2) is 0 Å². The lowest BCUT2D eigenvalue weighted by atomic mass is 10.2. The fraction of sp³-hybridized carbons (Fsp3) is 0.467. The summed E-state index contributed by atoms with van der Waals surface area (Å²) in [6.45, 7) is 4.62. The van der Waals surface area contributed by atoms with Gasteiger partial charge in [0.1, 0.15) is 17.9 Å². The van der Waals surface area contributed by atoms with Gasteiger partial charge in [-0.25, -0.2) is 0 Å². The van der Waals surface area contributed by atoms with Crippen LogP contribution >= 0.6 is 0 Å². The number of rotatable bonds is 8. The Morgan fingerprint density at radius 2 is 2.05 bits per heavy atom. The van der Waals surface area contributed by atoms with E-state index >= 15 is 0 Å². The lowest BCUT2D eigenvalue weighted by molar-refractivity contribution is 0.317. The molecule has 0 amide bonds. The molecule has 1 N–H and O–H groups in total. The van der Waals surface area contributed by atoms with Crippen LogP contribution in [-0.4, -0.2) is 27.9 Å². The van der Waals surface area contributed by atoms with Gasteiger partial charge in [-0.3, -0.25) is 0 Å². The Kier molecular flexibility index (Phi) is 5.55. The maximum absolute atomic E-state index is 5.56. The minimum Gasteiger partial charge on any atom is -0.494 e. The minimum atomic E-state index is 0.773. The quantitative estimate of drug-likeness (QED) is 0.747. The van der Waals surface area contributed by atoms with Crippen molar-refractivity contribution in [2.45, 2.75) is 26.3 Å². The topological polar surface area (TPSA) is 52.0 Å². The van der Waals surface area contributed by atoms with Crippen LogP contribution in [0.25, 0.3) is 0 Å². The van der Waals surface area contributed by atoms with E-state index in [-0.39, 0.29) is 0 Å². The molecule has 0 fully saturated rings. The fourth-order valence-corrected chi connectivity index (χ4v) is 1.89.